The first-order valence-electron chi connectivity index (χ1n) is 20.7. The fourth-order valence-corrected chi connectivity index (χ4v) is 6.32. The van der Waals surface area contributed by atoms with Crippen molar-refractivity contribution < 1.29 is 9.59 Å². The zero-order valence-electron chi connectivity index (χ0n) is 31.8. The molecule has 0 aliphatic heterocycles. The van der Waals surface area contributed by atoms with Crippen molar-refractivity contribution >= 4 is 11.8 Å². The van der Waals surface area contributed by atoms with Crippen molar-refractivity contribution in [1.82, 2.24) is 10.6 Å². The Morgan fingerprint density at radius 3 is 1.30 bits per heavy atom. The van der Waals surface area contributed by atoms with Gasteiger partial charge in [-0.1, -0.05) is 168 Å². The Labute approximate surface area is 288 Å². The van der Waals surface area contributed by atoms with E-state index in [-0.39, 0.29) is 17.9 Å². The predicted octanol–water partition coefficient (Wildman–Crippen LogP) is 12.9. The van der Waals surface area contributed by atoms with E-state index in [9.17, 15) is 9.59 Å². The molecule has 0 saturated heterocycles. The summed E-state index contributed by atoms with van der Waals surface area (Å²) in [5.41, 5.74) is 0. The molecule has 0 bridgehead atoms. The molecule has 0 heterocycles. The van der Waals surface area contributed by atoms with E-state index in [1.54, 1.807) is 0 Å². The number of allylic oxidation sites excluding steroid dienone is 2. The maximum atomic E-state index is 12.6. The van der Waals surface area contributed by atoms with Gasteiger partial charge < -0.3 is 10.6 Å². The highest BCUT2D eigenvalue weighted by Gasteiger charge is 2.15. The van der Waals surface area contributed by atoms with Crippen LogP contribution in [-0.4, -0.2) is 24.4 Å². The van der Waals surface area contributed by atoms with Crippen LogP contribution < -0.4 is 10.6 Å². The van der Waals surface area contributed by atoms with Crippen LogP contribution in [0.1, 0.15) is 227 Å². The van der Waals surface area contributed by atoms with Crippen molar-refractivity contribution in [2.75, 3.05) is 6.54 Å². The SMILES string of the molecule is CCCCCCCC/C=C\CCCCCCCC(=O)N[C@@H](CCCCNC(=O)CCCCCCCCCCCCCCC)C(C)C. The van der Waals surface area contributed by atoms with Crippen LogP contribution in [0.2, 0.25) is 0 Å². The summed E-state index contributed by atoms with van der Waals surface area (Å²) >= 11 is 0. The molecule has 0 aliphatic carbocycles. The van der Waals surface area contributed by atoms with Crippen LogP contribution in [0.3, 0.4) is 0 Å². The summed E-state index contributed by atoms with van der Waals surface area (Å²) in [5, 5.41) is 6.41. The zero-order chi connectivity index (χ0) is 33.8. The van der Waals surface area contributed by atoms with E-state index in [2.05, 4.69) is 50.5 Å². The zero-order valence-corrected chi connectivity index (χ0v) is 31.8. The molecule has 46 heavy (non-hydrogen) atoms. The highest BCUT2D eigenvalue weighted by molar-refractivity contribution is 5.76. The van der Waals surface area contributed by atoms with Crippen LogP contribution in [-0.2, 0) is 9.59 Å². The lowest BCUT2D eigenvalue weighted by Gasteiger charge is -2.22. The van der Waals surface area contributed by atoms with Gasteiger partial charge in [-0.15, -0.1) is 0 Å². The van der Waals surface area contributed by atoms with Gasteiger partial charge in [-0.2, -0.15) is 0 Å². The molecule has 272 valence electrons. The molecule has 0 radical (unpaired) electrons. The molecule has 0 rings (SSSR count). The van der Waals surface area contributed by atoms with Gasteiger partial charge in [-0.3, -0.25) is 9.59 Å². The van der Waals surface area contributed by atoms with E-state index in [1.165, 1.54) is 148 Å². The van der Waals surface area contributed by atoms with Crippen molar-refractivity contribution in [1.29, 1.82) is 0 Å². The Balaban J connectivity index is 3.62. The summed E-state index contributed by atoms with van der Waals surface area (Å²) in [7, 11) is 0. The van der Waals surface area contributed by atoms with Gasteiger partial charge >= 0.3 is 0 Å². The van der Waals surface area contributed by atoms with Gasteiger partial charge in [0.05, 0.1) is 0 Å². The summed E-state index contributed by atoms with van der Waals surface area (Å²) in [6.07, 6.45) is 43.0. The van der Waals surface area contributed by atoms with Crippen molar-refractivity contribution in [3.63, 3.8) is 0 Å². The van der Waals surface area contributed by atoms with Crippen molar-refractivity contribution in [2.24, 2.45) is 5.92 Å². The van der Waals surface area contributed by atoms with Crippen LogP contribution in [0.15, 0.2) is 12.2 Å². The van der Waals surface area contributed by atoms with E-state index >= 15 is 0 Å². The van der Waals surface area contributed by atoms with E-state index in [0.717, 1.165) is 45.1 Å². The molecule has 0 saturated carbocycles. The minimum Gasteiger partial charge on any atom is -0.356 e. The molecule has 4 nitrogen and oxygen atoms in total. The summed E-state index contributed by atoms with van der Waals surface area (Å²) in [6.45, 7) is 9.71. The number of amides is 2. The Morgan fingerprint density at radius 2 is 0.870 bits per heavy atom. The van der Waals surface area contributed by atoms with Crippen LogP contribution in [0.4, 0.5) is 0 Å². The third kappa shape index (κ3) is 34.0. The van der Waals surface area contributed by atoms with Gasteiger partial charge in [0.15, 0.2) is 0 Å². The van der Waals surface area contributed by atoms with Gasteiger partial charge in [0.1, 0.15) is 0 Å². The molecular weight excluding hydrogens is 564 g/mol. The van der Waals surface area contributed by atoms with Crippen molar-refractivity contribution in [3.8, 4) is 0 Å². The van der Waals surface area contributed by atoms with Gasteiger partial charge in [-0.25, -0.2) is 0 Å². The number of carbonyl (C=O) groups excluding carboxylic acids is 2. The molecule has 1 atom stereocenters. The molecular formula is C42H82N2O2. The highest BCUT2D eigenvalue weighted by Crippen LogP contribution is 2.15. The van der Waals surface area contributed by atoms with Crippen molar-refractivity contribution in [2.45, 2.75) is 233 Å². The topological polar surface area (TPSA) is 58.2 Å². The molecule has 4 heteroatoms. The van der Waals surface area contributed by atoms with Gasteiger partial charge in [0.25, 0.3) is 0 Å². The van der Waals surface area contributed by atoms with E-state index in [4.69, 9.17) is 0 Å². The normalized spacial score (nSPS) is 12.3. The molecule has 0 unspecified atom stereocenters. The average Bonchev–Trinajstić information content (AvgIpc) is 3.04. The second-order valence-electron chi connectivity index (χ2n) is 14.6. The molecule has 0 aromatic heterocycles. The predicted molar refractivity (Wildman–Crippen MR) is 203 cm³/mol. The van der Waals surface area contributed by atoms with Gasteiger partial charge in [0, 0.05) is 25.4 Å². The summed E-state index contributed by atoms with van der Waals surface area (Å²) in [6, 6.07) is 0.233. The van der Waals surface area contributed by atoms with E-state index < -0.39 is 0 Å². The monoisotopic (exact) mass is 647 g/mol. The third-order valence-corrected chi connectivity index (χ3v) is 9.59. The number of unbranched alkanes of at least 4 members (excludes halogenated alkanes) is 24. The van der Waals surface area contributed by atoms with Gasteiger partial charge in [-0.05, 0) is 63.7 Å². The first-order chi connectivity index (χ1) is 22.5. The number of nitrogens with one attached hydrogen (secondary N) is 2. The largest absolute Gasteiger partial charge is 0.356 e. The van der Waals surface area contributed by atoms with E-state index in [0.29, 0.717) is 18.8 Å². The van der Waals surface area contributed by atoms with Crippen molar-refractivity contribution in [3.05, 3.63) is 12.2 Å². The summed E-state index contributed by atoms with van der Waals surface area (Å²) in [4.78, 5) is 24.8. The van der Waals surface area contributed by atoms with Gasteiger partial charge in [0.2, 0.25) is 11.8 Å². The standard InChI is InChI=1S/C42H82N2O2/c1-5-7-9-11-13-15-17-19-20-22-24-26-28-30-32-37-42(46)44-40(39(3)4)35-33-34-38-43-41(45)36-31-29-27-25-23-21-18-16-14-12-10-8-6-2/h19-20,39-40H,5-18,21-38H2,1-4H3,(H,43,45)(H,44,46)/b20-19-/t40-/m0/s1. The molecule has 0 aromatic carbocycles. The fraction of sp³-hybridized carbons (Fsp3) is 0.905. The fourth-order valence-electron chi connectivity index (χ4n) is 6.32. The third-order valence-electron chi connectivity index (χ3n) is 9.59. The quantitative estimate of drug-likeness (QED) is 0.0525. The number of hydrogen-bond acceptors (Lipinski definition) is 2. The Kier molecular flexibility index (Phi) is 35.5. The van der Waals surface area contributed by atoms with Crippen LogP contribution in [0, 0.1) is 5.92 Å². The van der Waals surface area contributed by atoms with Crippen LogP contribution >= 0.6 is 0 Å². The average molecular weight is 647 g/mol. The Bertz CT molecular complexity index is 675. The number of hydrogen-bond donors (Lipinski definition) is 2. The Morgan fingerprint density at radius 1 is 0.478 bits per heavy atom. The molecule has 0 fully saturated rings. The maximum Gasteiger partial charge on any atom is 0.220 e. The van der Waals surface area contributed by atoms with E-state index in [1.807, 2.05) is 0 Å². The van der Waals surface area contributed by atoms with Crippen LogP contribution in [0.25, 0.3) is 0 Å². The molecule has 2 amide bonds. The Hall–Kier alpha value is -1.32. The lowest BCUT2D eigenvalue weighted by molar-refractivity contribution is -0.122. The number of rotatable bonds is 36. The lowest BCUT2D eigenvalue weighted by atomic mass is 9.98. The number of carbonyl (C=O) groups is 2. The molecule has 0 aliphatic rings. The second-order valence-corrected chi connectivity index (χ2v) is 14.6. The highest BCUT2D eigenvalue weighted by atomic mass is 16.2. The second kappa shape index (κ2) is 36.5. The summed E-state index contributed by atoms with van der Waals surface area (Å²) in [5.74, 6) is 0.849. The minimum atomic E-state index is 0.205. The molecule has 2 N–H and O–H groups in total. The molecule has 0 spiro atoms. The first kappa shape index (κ1) is 44.7. The van der Waals surface area contributed by atoms with Crippen LogP contribution in [0.5, 0.6) is 0 Å². The smallest absolute Gasteiger partial charge is 0.220 e. The summed E-state index contributed by atoms with van der Waals surface area (Å²) < 4.78 is 0. The first-order valence-corrected chi connectivity index (χ1v) is 20.7. The minimum absolute atomic E-state index is 0.205. The molecule has 0 aromatic rings. The maximum absolute atomic E-state index is 12.6. The lowest BCUT2D eigenvalue weighted by Crippen LogP contribution is -2.38.